The van der Waals surface area contributed by atoms with Crippen LogP contribution in [-0.2, 0) is 14.3 Å². The van der Waals surface area contributed by atoms with E-state index in [0.29, 0.717) is 13.1 Å². The van der Waals surface area contributed by atoms with Gasteiger partial charge < -0.3 is 20.7 Å². The van der Waals surface area contributed by atoms with Gasteiger partial charge in [0.2, 0.25) is 11.8 Å². The van der Waals surface area contributed by atoms with Gasteiger partial charge in [0.05, 0.1) is 6.54 Å². The highest BCUT2D eigenvalue weighted by atomic mass is 16.6. The maximum atomic E-state index is 11.7. The molecule has 0 aromatic heterocycles. The normalized spacial score (nSPS) is 14.5. The van der Waals surface area contributed by atoms with Gasteiger partial charge in [0.1, 0.15) is 5.60 Å². The molecule has 7 nitrogen and oxygen atoms in total. The Bertz CT molecular complexity index is 473. The van der Waals surface area contributed by atoms with Gasteiger partial charge in [-0.3, -0.25) is 9.59 Å². The van der Waals surface area contributed by atoms with Crippen LogP contribution in [0.1, 0.15) is 52.9 Å². The number of nitrogens with one attached hydrogen (secondary N) is 3. The van der Waals surface area contributed by atoms with Gasteiger partial charge in [-0.1, -0.05) is 12.0 Å². The van der Waals surface area contributed by atoms with Crippen LogP contribution in [0.3, 0.4) is 0 Å². The number of alkyl carbamates (subject to hydrolysis) is 1. The molecule has 0 atom stereocenters. The molecule has 0 heterocycles. The van der Waals surface area contributed by atoms with Gasteiger partial charge in [0.15, 0.2) is 0 Å². The van der Waals surface area contributed by atoms with Crippen molar-refractivity contribution in [2.24, 2.45) is 0 Å². The number of allylic oxidation sites excluding steroid dienone is 1. The molecule has 0 unspecified atom stereocenters. The summed E-state index contributed by atoms with van der Waals surface area (Å²) < 4.78 is 5.02. The van der Waals surface area contributed by atoms with Crippen molar-refractivity contribution in [3.05, 3.63) is 11.6 Å². The highest BCUT2D eigenvalue weighted by Crippen LogP contribution is 2.22. The van der Waals surface area contributed by atoms with E-state index in [-0.39, 0.29) is 18.4 Å². The minimum Gasteiger partial charge on any atom is -0.444 e. The first-order chi connectivity index (χ1) is 11.3. The van der Waals surface area contributed by atoms with E-state index < -0.39 is 11.7 Å². The average molecular weight is 339 g/mol. The van der Waals surface area contributed by atoms with Crippen molar-refractivity contribution in [3.63, 3.8) is 0 Å². The lowest BCUT2D eigenvalue weighted by Crippen LogP contribution is -2.41. The van der Waals surface area contributed by atoms with E-state index in [2.05, 4.69) is 16.0 Å². The van der Waals surface area contributed by atoms with Crippen LogP contribution in [0.4, 0.5) is 4.79 Å². The molecule has 7 heteroatoms. The summed E-state index contributed by atoms with van der Waals surface area (Å²) >= 11 is 0. The van der Waals surface area contributed by atoms with E-state index in [1.54, 1.807) is 26.8 Å². The number of hydrogen-bond acceptors (Lipinski definition) is 4. The summed E-state index contributed by atoms with van der Waals surface area (Å²) in [7, 11) is 0. The van der Waals surface area contributed by atoms with Gasteiger partial charge in [-0.25, -0.2) is 4.79 Å². The lowest BCUT2D eigenvalue weighted by molar-refractivity contribution is -0.120. The third kappa shape index (κ3) is 9.86. The molecule has 0 spiro atoms. The Morgan fingerprint density at radius 2 is 1.62 bits per heavy atom. The van der Waals surface area contributed by atoms with E-state index in [1.165, 1.54) is 12.0 Å². The van der Waals surface area contributed by atoms with Gasteiger partial charge in [0, 0.05) is 19.2 Å². The first-order valence-corrected chi connectivity index (χ1v) is 8.47. The summed E-state index contributed by atoms with van der Waals surface area (Å²) in [4.78, 5) is 34.7. The van der Waals surface area contributed by atoms with Crippen LogP contribution in [-0.4, -0.2) is 43.1 Å². The van der Waals surface area contributed by atoms with E-state index >= 15 is 0 Å². The molecule has 0 aliphatic heterocycles. The maximum Gasteiger partial charge on any atom is 0.408 e. The molecular formula is C17H29N3O4. The van der Waals surface area contributed by atoms with E-state index in [0.717, 1.165) is 25.7 Å². The van der Waals surface area contributed by atoms with Crippen LogP contribution < -0.4 is 16.0 Å². The van der Waals surface area contributed by atoms with Crippen molar-refractivity contribution in [1.29, 1.82) is 0 Å². The second kappa shape index (κ2) is 9.95. The summed E-state index contributed by atoms with van der Waals surface area (Å²) in [5.41, 5.74) is 0.599. The van der Waals surface area contributed by atoms with Crippen molar-refractivity contribution in [2.75, 3.05) is 19.6 Å². The molecule has 1 fully saturated rings. The molecule has 0 radical (unpaired) electrons. The summed E-state index contributed by atoms with van der Waals surface area (Å²) in [6, 6.07) is 0. The Morgan fingerprint density at radius 1 is 1.00 bits per heavy atom. The summed E-state index contributed by atoms with van der Waals surface area (Å²) in [6.07, 6.45) is 6.58. The largest absolute Gasteiger partial charge is 0.444 e. The van der Waals surface area contributed by atoms with Gasteiger partial charge >= 0.3 is 6.09 Å². The number of ether oxygens (including phenoxy) is 1. The van der Waals surface area contributed by atoms with Crippen molar-refractivity contribution < 1.29 is 19.1 Å². The van der Waals surface area contributed by atoms with Gasteiger partial charge in [-0.2, -0.15) is 0 Å². The topological polar surface area (TPSA) is 96.5 Å². The minimum absolute atomic E-state index is 0.118. The van der Waals surface area contributed by atoms with Crippen LogP contribution in [0.15, 0.2) is 11.6 Å². The fraction of sp³-hybridized carbons (Fsp3) is 0.706. The van der Waals surface area contributed by atoms with E-state index in [4.69, 9.17) is 4.74 Å². The molecule has 1 aliphatic rings. The number of rotatable bonds is 6. The number of carbonyl (C=O) groups excluding carboxylic acids is 3. The summed E-state index contributed by atoms with van der Waals surface area (Å²) in [5, 5.41) is 7.73. The molecule has 1 aliphatic carbocycles. The van der Waals surface area contributed by atoms with Gasteiger partial charge in [0.25, 0.3) is 0 Å². The first kappa shape index (κ1) is 20.0. The van der Waals surface area contributed by atoms with Crippen molar-refractivity contribution in [1.82, 2.24) is 16.0 Å². The quantitative estimate of drug-likeness (QED) is 0.506. The van der Waals surface area contributed by atoms with Crippen LogP contribution in [0.25, 0.3) is 0 Å². The average Bonchev–Trinajstić information content (AvgIpc) is 2.49. The maximum absolute atomic E-state index is 11.7. The molecular weight excluding hydrogens is 310 g/mol. The lowest BCUT2D eigenvalue weighted by atomic mass is 9.95. The molecule has 24 heavy (non-hydrogen) atoms. The zero-order valence-electron chi connectivity index (χ0n) is 14.9. The fourth-order valence-corrected chi connectivity index (χ4v) is 2.30. The predicted octanol–water partition coefficient (Wildman–Crippen LogP) is 1.63. The summed E-state index contributed by atoms with van der Waals surface area (Å²) in [6.45, 7) is 5.74. The van der Waals surface area contributed by atoms with Crippen LogP contribution in [0, 0.1) is 0 Å². The third-order valence-corrected chi connectivity index (χ3v) is 3.37. The lowest BCUT2D eigenvalue weighted by Gasteiger charge is -2.19. The van der Waals surface area contributed by atoms with Crippen molar-refractivity contribution in [3.8, 4) is 0 Å². The SMILES string of the molecule is CC(C)(C)OC(=O)NCC(=O)NCCNC(=O)C=C1CCCCC1. The second-order valence-electron chi connectivity index (χ2n) is 6.86. The zero-order valence-corrected chi connectivity index (χ0v) is 14.9. The van der Waals surface area contributed by atoms with Crippen molar-refractivity contribution in [2.45, 2.75) is 58.5 Å². The zero-order chi connectivity index (χ0) is 18.0. The number of carbonyl (C=O) groups is 3. The Balaban J connectivity index is 2.10. The van der Waals surface area contributed by atoms with E-state index in [9.17, 15) is 14.4 Å². The Labute approximate surface area is 143 Å². The van der Waals surface area contributed by atoms with E-state index in [1.807, 2.05) is 0 Å². The van der Waals surface area contributed by atoms with Crippen molar-refractivity contribution >= 4 is 17.9 Å². The third-order valence-electron chi connectivity index (χ3n) is 3.37. The molecule has 3 amide bonds. The predicted molar refractivity (Wildman–Crippen MR) is 91.4 cm³/mol. The molecule has 0 aromatic carbocycles. The Hall–Kier alpha value is -2.05. The van der Waals surface area contributed by atoms with Gasteiger partial charge in [-0.05, 0) is 46.5 Å². The molecule has 1 saturated carbocycles. The first-order valence-electron chi connectivity index (χ1n) is 8.47. The Kier molecular flexibility index (Phi) is 8.29. The van der Waals surface area contributed by atoms with Crippen LogP contribution >= 0.6 is 0 Å². The van der Waals surface area contributed by atoms with Gasteiger partial charge in [-0.15, -0.1) is 0 Å². The number of amides is 3. The number of hydrogen-bond donors (Lipinski definition) is 3. The minimum atomic E-state index is -0.634. The fourth-order valence-electron chi connectivity index (χ4n) is 2.30. The van der Waals surface area contributed by atoms with Crippen LogP contribution in [0.5, 0.6) is 0 Å². The molecule has 1 rings (SSSR count). The molecule has 0 saturated heterocycles. The summed E-state index contributed by atoms with van der Waals surface area (Å²) in [5.74, 6) is -0.450. The molecule has 0 bridgehead atoms. The second-order valence-corrected chi connectivity index (χ2v) is 6.86. The highest BCUT2D eigenvalue weighted by molar-refractivity contribution is 5.88. The monoisotopic (exact) mass is 339 g/mol. The highest BCUT2D eigenvalue weighted by Gasteiger charge is 2.16. The Morgan fingerprint density at radius 3 is 2.25 bits per heavy atom. The molecule has 3 N–H and O–H groups in total. The molecule has 136 valence electrons. The molecule has 0 aromatic rings. The standard InChI is InChI=1S/C17H29N3O4/c1-17(2,3)24-16(23)20-12-15(22)19-10-9-18-14(21)11-13-7-5-4-6-8-13/h11H,4-10,12H2,1-3H3,(H,18,21)(H,19,22)(H,20,23). The smallest absolute Gasteiger partial charge is 0.408 e. The van der Waals surface area contributed by atoms with Crippen LogP contribution in [0.2, 0.25) is 0 Å².